The first-order chi connectivity index (χ1) is 7.66. The third-order valence-corrected chi connectivity index (χ3v) is 2.50. The number of benzene rings is 1. The van der Waals surface area contributed by atoms with E-state index in [-0.39, 0.29) is 11.3 Å². The molecule has 1 aromatic heterocycles. The van der Waals surface area contributed by atoms with E-state index in [1.165, 1.54) is 0 Å². The van der Waals surface area contributed by atoms with Gasteiger partial charge in [-0.25, -0.2) is 0 Å². The van der Waals surface area contributed by atoms with Gasteiger partial charge >= 0.3 is 0 Å². The Morgan fingerprint density at radius 3 is 2.56 bits per heavy atom. The maximum absolute atomic E-state index is 11.8. The highest BCUT2D eigenvalue weighted by atomic mass is 16.3. The third-order valence-electron chi connectivity index (χ3n) is 2.50. The number of aromatic nitrogens is 1. The maximum atomic E-state index is 11.8. The second-order valence-electron chi connectivity index (χ2n) is 3.79. The van der Waals surface area contributed by atoms with Crippen LogP contribution < -0.4 is 5.56 Å². The van der Waals surface area contributed by atoms with E-state index >= 15 is 0 Å². The van der Waals surface area contributed by atoms with Gasteiger partial charge in [0.1, 0.15) is 5.75 Å². The van der Waals surface area contributed by atoms with Crippen LogP contribution in [0.1, 0.15) is 11.1 Å². The fourth-order valence-electron chi connectivity index (χ4n) is 1.58. The Kier molecular flexibility index (Phi) is 2.77. The molecule has 0 saturated heterocycles. The second-order valence-corrected chi connectivity index (χ2v) is 3.79. The topological polar surface area (TPSA) is 42.2 Å². The van der Waals surface area contributed by atoms with Gasteiger partial charge in [-0.15, -0.1) is 0 Å². The molecule has 0 amide bonds. The van der Waals surface area contributed by atoms with Crippen molar-refractivity contribution in [2.75, 3.05) is 0 Å². The number of phenolic OH excluding ortho intramolecular Hbond substituents is 1. The van der Waals surface area contributed by atoms with Crippen molar-refractivity contribution in [3.63, 3.8) is 0 Å². The van der Waals surface area contributed by atoms with Crippen LogP contribution in [0.2, 0.25) is 0 Å². The highest BCUT2D eigenvalue weighted by Crippen LogP contribution is 2.10. The first kappa shape index (κ1) is 10.5. The van der Waals surface area contributed by atoms with E-state index < -0.39 is 0 Å². The molecule has 0 fully saturated rings. The average Bonchev–Trinajstić information content (AvgIpc) is 2.28. The molecule has 0 bridgehead atoms. The van der Waals surface area contributed by atoms with Crippen LogP contribution in [0.4, 0.5) is 0 Å². The van der Waals surface area contributed by atoms with Gasteiger partial charge in [0.15, 0.2) is 0 Å². The number of hydrogen-bond acceptors (Lipinski definition) is 2. The molecular weight excluding hydrogens is 202 g/mol. The summed E-state index contributed by atoms with van der Waals surface area (Å²) in [6.45, 7) is 2.33. The standard InChI is InChI=1S/C13H13NO2/c1-10-3-2-8-14(13(10)16)9-11-4-6-12(15)7-5-11/h2-8,15H,9H2,1H3. The summed E-state index contributed by atoms with van der Waals surface area (Å²) in [5, 5.41) is 9.15. The van der Waals surface area contributed by atoms with Crippen molar-refractivity contribution in [2.45, 2.75) is 13.5 Å². The number of aromatic hydroxyl groups is 1. The number of hydrogen-bond donors (Lipinski definition) is 1. The first-order valence-corrected chi connectivity index (χ1v) is 5.11. The quantitative estimate of drug-likeness (QED) is 0.831. The average molecular weight is 215 g/mol. The minimum Gasteiger partial charge on any atom is -0.508 e. The largest absolute Gasteiger partial charge is 0.508 e. The fraction of sp³-hybridized carbons (Fsp3) is 0.154. The predicted octanol–water partition coefficient (Wildman–Crippen LogP) is 1.91. The van der Waals surface area contributed by atoms with Crippen molar-refractivity contribution >= 4 is 0 Å². The smallest absolute Gasteiger partial charge is 0.253 e. The molecule has 1 aromatic carbocycles. The van der Waals surface area contributed by atoms with Gasteiger partial charge in [0, 0.05) is 11.8 Å². The number of aryl methyl sites for hydroxylation is 1. The normalized spacial score (nSPS) is 10.3. The lowest BCUT2D eigenvalue weighted by Crippen LogP contribution is -2.21. The van der Waals surface area contributed by atoms with Crippen molar-refractivity contribution < 1.29 is 5.11 Å². The lowest BCUT2D eigenvalue weighted by atomic mass is 10.2. The molecule has 16 heavy (non-hydrogen) atoms. The summed E-state index contributed by atoms with van der Waals surface area (Å²) < 4.78 is 1.65. The minimum atomic E-state index is 0.0237. The molecule has 2 rings (SSSR count). The first-order valence-electron chi connectivity index (χ1n) is 5.11. The van der Waals surface area contributed by atoms with E-state index in [2.05, 4.69) is 0 Å². The van der Waals surface area contributed by atoms with Crippen molar-refractivity contribution in [1.29, 1.82) is 0 Å². The minimum absolute atomic E-state index is 0.0237. The Balaban J connectivity index is 2.31. The summed E-state index contributed by atoms with van der Waals surface area (Å²) >= 11 is 0. The maximum Gasteiger partial charge on any atom is 0.253 e. The van der Waals surface area contributed by atoms with Gasteiger partial charge < -0.3 is 9.67 Å². The summed E-state index contributed by atoms with van der Waals surface area (Å²) in [5.41, 5.74) is 1.75. The van der Waals surface area contributed by atoms with Crippen LogP contribution in [0.15, 0.2) is 47.4 Å². The zero-order chi connectivity index (χ0) is 11.5. The molecule has 3 heteroatoms. The molecule has 0 atom stereocenters. The Labute approximate surface area is 93.6 Å². The summed E-state index contributed by atoms with van der Waals surface area (Å²) in [6, 6.07) is 10.5. The van der Waals surface area contributed by atoms with E-state index in [9.17, 15) is 4.79 Å². The van der Waals surface area contributed by atoms with Crippen LogP contribution in [0.25, 0.3) is 0 Å². The number of rotatable bonds is 2. The van der Waals surface area contributed by atoms with Gasteiger partial charge in [-0.1, -0.05) is 18.2 Å². The van der Waals surface area contributed by atoms with Crippen molar-refractivity contribution in [3.05, 3.63) is 64.1 Å². The molecule has 3 nitrogen and oxygen atoms in total. The van der Waals surface area contributed by atoms with Gasteiger partial charge in [-0.05, 0) is 30.7 Å². The molecule has 82 valence electrons. The molecule has 0 unspecified atom stereocenters. The molecule has 2 aromatic rings. The summed E-state index contributed by atoms with van der Waals surface area (Å²) in [5.74, 6) is 0.236. The van der Waals surface area contributed by atoms with Crippen molar-refractivity contribution in [3.8, 4) is 5.75 Å². The highest BCUT2D eigenvalue weighted by molar-refractivity contribution is 5.26. The zero-order valence-electron chi connectivity index (χ0n) is 9.05. The number of phenols is 1. The van der Waals surface area contributed by atoms with E-state index in [0.717, 1.165) is 11.1 Å². The van der Waals surface area contributed by atoms with Crippen LogP contribution in [0, 0.1) is 6.92 Å². The predicted molar refractivity (Wildman–Crippen MR) is 62.6 cm³/mol. The van der Waals surface area contributed by atoms with Gasteiger partial charge in [-0.2, -0.15) is 0 Å². The monoisotopic (exact) mass is 215 g/mol. The second kappa shape index (κ2) is 4.23. The van der Waals surface area contributed by atoms with Crippen LogP contribution in [0.3, 0.4) is 0 Å². The van der Waals surface area contributed by atoms with E-state index in [1.807, 2.05) is 18.2 Å². The van der Waals surface area contributed by atoms with Crippen molar-refractivity contribution in [1.82, 2.24) is 4.57 Å². The van der Waals surface area contributed by atoms with Gasteiger partial charge in [0.2, 0.25) is 0 Å². The summed E-state index contributed by atoms with van der Waals surface area (Å²) in [4.78, 5) is 11.8. The summed E-state index contributed by atoms with van der Waals surface area (Å²) in [7, 11) is 0. The van der Waals surface area contributed by atoms with Crippen LogP contribution in [-0.2, 0) is 6.54 Å². The SMILES string of the molecule is Cc1cccn(Cc2ccc(O)cc2)c1=O. The molecular formula is C13H13NO2. The molecule has 0 radical (unpaired) electrons. The molecule has 0 aliphatic rings. The number of nitrogens with zero attached hydrogens (tertiary/aromatic N) is 1. The molecule has 0 spiro atoms. The van der Waals surface area contributed by atoms with E-state index in [4.69, 9.17) is 5.11 Å². The lowest BCUT2D eigenvalue weighted by Gasteiger charge is -2.06. The molecule has 0 aliphatic heterocycles. The van der Waals surface area contributed by atoms with Crippen LogP contribution in [0.5, 0.6) is 5.75 Å². The van der Waals surface area contributed by atoms with Gasteiger partial charge in [-0.3, -0.25) is 4.79 Å². The summed E-state index contributed by atoms with van der Waals surface area (Å²) in [6.07, 6.45) is 1.77. The van der Waals surface area contributed by atoms with Gasteiger partial charge in [0.25, 0.3) is 5.56 Å². The van der Waals surface area contributed by atoms with Crippen molar-refractivity contribution in [2.24, 2.45) is 0 Å². The zero-order valence-corrected chi connectivity index (χ0v) is 9.05. The Morgan fingerprint density at radius 1 is 1.19 bits per heavy atom. The Morgan fingerprint density at radius 2 is 1.88 bits per heavy atom. The Hall–Kier alpha value is -2.03. The van der Waals surface area contributed by atoms with Gasteiger partial charge in [0.05, 0.1) is 6.54 Å². The highest BCUT2D eigenvalue weighted by Gasteiger charge is 1.99. The lowest BCUT2D eigenvalue weighted by molar-refractivity contribution is 0.475. The third kappa shape index (κ3) is 2.14. The molecule has 0 aliphatic carbocycles. The molecule has 1 heterocycles. The molecule has 1 N–H and O–H groups in total. The van der Waals surface area contributed by atoms with Crippen LogP contribution >= 0.6 is 0 Å². The van der Waals surface area contributed by atoms with E-state index in [1.54, 1.807) is 35.9 Å². The fourth-order valence-corrected chi connectivity index (χ4v) is 1.58. The molecule has 0 saturated carbocycles. The van der Waals surface area contributed by atoms with Crippen LogP contribution in [-0.4, -0.2) is 9.67 Å². The van der Waals surface area contributed by atoms with E-state index in [0.29, 0.717) is 6.54 Å². The Bertz CT molecular complexity index is 541. The number of pyridine rings is 1.